The Labute approximate surface area is 166 Å². The number of rotatable bonds is 5. The van der Waals surface area contributed by atoms with Crippen molar-refractivity contribution < 1.29 is 17.2 Å². The van der Waals surface area contributed by atoms with Crippen molar-refractivity contribution in [2.75, 3.05) is 30.0 Å². The van der Waals surface area contributed by atoms with Gasteiger partial charge >= 0.3 is 0 Å². The molecule has 1 aliphatic rings. The Bertz CT molecular complexity index is 1130. The molecule has 1 fully saturated rings. The largest absolute Gasteiger partial charge is 0.356 e. The molecule has 0 spiro atoms. The van der Waals surface area contributed by atoms with Crippen LogP contribution in [-0.4, -0.2) is 58.1 Å². The molecule has 1 aliphatic heterocycles. The molecule has 0 aromatic carbocycles. The van der Waals surface area contributed by atoms with Gasteiger partial charge in [0.15, 0.2) is 5.65 Å². The number of aromatic nitrogens is 5. The average Bonchev–Trinajstić information content (AvgIpc) is 3.10. The maximum Gasteiger partial charge on any atom is 0.282 e. The summed E-state index contributed by atoms with van der Waals surface area (Å²) in [4.78, 5) is 14.8. The van der Waals surface area contributed by atoms with Crippen LogP contribution in [0.3, 0.4) is 0 Å². The molecule has 3 aromatic rings. The average molecular weight is 422 g/mol. The predicted molar refractivity (Wildman–Crippen MR) is 104 cm³/mol. The van der Waals surface area contributed by atoms with E-state index >= 15 is 0 Å². The standard InChI is InChI=1S/C18H20F2N6O2S/c1-29(27,28)10-12-3-2-6-25(9-12)17-7-14(22-11-23-17)15-8-21-16-5-4-13(18(19)20)24-26(15)16/h4-5,7-8,11-12,18H,2-3,6,9-10H2,1H3/t12-/m0/s1. The number of piperidine rings is 1. The topological polar surface area (TPSA) is 93.4 Å². The minimum Gasteiger partial charge on any atom is -0.356 e. The lowest BCUT2D eigenvalue weighted by atomic mass is 10.00. The van der Waals surface area contributed by atoms with Crippen LogP contribution in [0.15, 0.2) is 30.7 Å². The number of imidazole rings is 1. The number of alkyl halides is 2. The number of hydrogen-bond acceptors (Lipinski definition) is 7. The van der Waals surface area contributed by atoms with Crippen molar-refractivity contribution in [3.63, 3.8) is 0 Å². The first kappa shape index (κ1) is 19.6. The maximum absolute atomic E-state index is 13.0. The van der Waals surface area contributed by atoms with Gasteiger partial charge in [0.1, 0.15) is 33.4 Å². The molecule has 29 heavy (non-hydrogen) atoms. The second-order valence-corrected chi connectivity index (χ2v) is 9.47. The Morgan fingerprint density at radius 2 is 2.07 bits per heavy atom. The van der Waals surface area contributed by atoms with E-state index in [4.69, 9.17) is 0 Å². The fraction of sp³-hybridized carbons (Fsp3) is 0.444. The van der Waals surface area contributed by atoms with Crippen LogP contribution < -0.4 is 4.90 Å². The normalized spacial score (nSPS) is 17.9. The van der Waals surface area contributed by atoms with Gasteiger partial charge in [0.05, 0.1) is 17.6 Å². The molecule has 4 rings (SSSR count). The van der Waals surface area contributed by atoms with Gasteiger partial charge in [-0.2, -0.15) is 5.10 Å². The van der Waals surface area contributed by atoms with Gasteiger partial charge in [0.25, 0.3) is 6.43 Å². The number of anilines is 1. The fourth-order valence-electron chi connectivity index (χ4n) is 3.68. The van der Waals surface area contributed by atoms with Crippen LogP contribution in [0.2, 0.25) is 0 Å². The SMILES string of the molecule is CS(=O)(=O)C[C@H]1CCCN(c2cc(-c3cnc4ccc(C(F)F)nn34)ncn2)C1. The summed E-state index contributed by atoms with van der Waals surface area (Å²) in [5.74, 6) is 0.853. The second kappa shape index (κ2) is 7.62. The third kappa shape index (κ3) is 4.34. The van der Waals surface area contributed by atoms with Crippen molar-refractivity contribution in [3.05, 3.63) is 36.4 Å². The Hall–Kier alpha value is -2.69. The summed E-state index contributed by atoms with van der Waals surface area (Å²) in [6.07, 6.45) is 3.23. The van der Waals surface area contributed by atoms with E-state index in [1.165, 1.54) is 35.4 Å². The zero-order valence-electron chi connectivity index (χ0n) is 15.7. The molecule has 0 radical (unpaired) electrons. The molecule has 11 heteroatoms. The lowest BCUT2D eigenvalue weighted by molar-refractivity contribution is 0.144. The van der Waals surface area contributed by atoms with Crippen molar-refractivity contribution in [3.8, 4) is 11.4 Å². The first-order valence-corrected chi connectivity index (χ1v) is 11.2. The van der Waals surface area contributed by atoms with Gasteiger partial charge in [-0.3, -0.25) is 0 Å². The Balaban J connectivity index is 1.64. The number of nitrogens with zero attached hydrogens (tertiary/aromatic N) is 6. The molecule has 8 nitrogen and oxygen atoms in total. The Kier molecular flexibility index (Phi) is 5.15. The minimum absolute atomic E-state index is 0.0447. The van der Waals surface area contributed by atoms with E-state index in [1.54, 1.807) is 6.07 Å². The smallest absolute Gasteiger partial charge is 0.282 e. The highest BCUT2D eigenvalue weighted by atomic mass is 32.2. The van der Waals surface area contributed by atoms with Crippen LogP contribution in [0.4, 0.5) is 14.6 Å². The quantitative estimate of drug-likeness (QED) is 0.623. The Morgan fingerprint density at radius 1 is 1.24 bits per heavy atom. The third-order valence-corrected chi connectivity index (χ3v) is 5.98. The molecular formula is C18H20F2N6O2S. The van der Waals surface area contributed by atoms with E-state index < -0.39 is 16.3 Å². The van der Waals surface area contributed by atoms with Crippen LogP contribution in [-0.2, 0) is 9.84 Å². The van der Waals surface area contributed by atoms with Crippen LogP contribution in [0.1, 0.15) is 25.0 Å². The molecule has 0 aliphatic carbocycles. The summed E-state index contributed by atoms with van der Waals surface area (Å²) in [6.45, 7) is 1.35. The van der Waals surface area contributed by atoms with Crippen LogP contribution >= 0.6 is 0 Å². The molecule has 0 saturated carbocycles. The summed E-state index contributed by atoms with van der Waals surface area (Å²) in [5.41, 5.74) is 1.09. The molecule has 0 amide bonds. The lowest BCUT2D eigenvalue weighted by Crippen LogP contribution is -2.38. The summed E-state index contributed by atoms with van der Waals surface area (Å²) in [5, 5.41) is 3.97. The molecule has 1 saturated heterocycles. The number of fused-ring (bicyclic) bond motifs is 1. The van der Waals surface area contributed by atoms with E-state index in [0.717, 1.165) is 19.4 Å². The summed E-state index contributed by atoms with van der Waals surface area (Å²) < 4.78 is 50.7. The van der Waals surface area contributed by atoms with E-state index in [0.29, 0.717) is 29.4 Å². The van der Waals surface area contributed by atoms with Gasteiger partial charge in [-0.15, -0.1) is 0 Å². The minimum atomic E-state index is -3.05. The van der Waals surface area contributed by atoms with Crippen LogP contribution in [0.25, 0.3) is 17.0 Å². The number of halogens is 2. The van der Waals surface area contributed by atoms with E-state index in [2.05, 4.69) is 20.1 Å². The zero-order chi connectivity index (χ0) is 20.6. The Morgan fingerprint density at radius 3 is 2.83 bits per heavy atom. The first-order chi connectivity index (χ1) is 13.8. The van der Waals surface area contributed by atoms with Crippen LogP contribution in [0.5, 0.6) is 0 Å². The number of hydrogen-bond donors (Lipinski definition) is 0. The highest BCUT2D eigenvalue weighted by molar-refractivity contribution is 7.90. The highest BCUT2D eigenvalue weighted by Gasteiger charge is 2.24. The molecule has 4 heterocycles. The second-order valence-electron chi connectivity index (χ2n) is 7.28. The van der Waals surface area contributed by atoms with Gasteiger partial charge in [-0.05, 0) is 30.9 Å². The highest BCUT2D eigenvalue weighted by Crippen LogP contribution is 2.26. The molecule has 154 valence electrons. The summed E-state index contributed by atoms with van der Waals surface area (Å²) >= 11 is 0. The third-order valence-electron chi connectivity index (χ3n) is 4.90. The molecule has 0 N–H and O–H groups in total. The van der Waals surface area contributed by atoms with Crippen LogP contribution in [0, 0.1) is 5.92 Å². The van der Waals surface area contributed by atoms with Gasteiger partial charge in [0, 0.05) is 25.4 Å². The van der Waals surface area contributed by atoms with Gasteiger partial charge in [-0.25, -0.2) is 36.7 Å². The van der Waals surface area contributed by atoms with Crippen molar-refractivity contribution in [2.24, 2.45) is 5.92 Å². The maximum atomic E-state index is 13.0. The first-order valence-electron chi connectivity index (χ1n) is 9.18. The van der Waals surface area contributed by atoms with E-state index in [9.17, 15) is 17.2 Å². The van der Waals surface area contributed by atoms with Crippen molar-refractivity contribution in [1.82, 2.24) is 24.6 Å². The lowest BCUT2D eigenvalue weighted by Gasteiger charge is -2.33. The molecule has 3 aromatic heterocycles. The molecule has 0 unspecified atom stereocenters. The molecule has 1 atom stereocenters. The van der Waals surface area contributed by atoms with E-state index in [-0.39, 0.29) is 17.4 Å². The monoisotopic (exact) mass is 422 g/mol. The van der Waals surface area contributed by atoms with Crippen molar-refractivity contribution in [1.29, 1.82) is 0 Å². The van der Waals surface area contributed by atoms with Gasteiger partial charge in [0.2, 0.25) is 0 Å². The summed E-state index contributed by atoms with van der Waals surface area (Å²) in [6, 6.07) is 4.49. The molecular weight excluding hydrogens is 402 g/mol. The van der Waals surface area contributed by atoms with Gasteiger partial charge in [-0.1, -0.05) is 0 Å². The van der Waals surface area contributed by atoms with Crippen molar-refractivity contribution in [2.45, 2.75) is 19.3 Å². The zero-order valence-corrected chi connectivity index (χ0v) is 16.6. The van der Waals surface area contributed by atoms with Crippen molar-refractivity contribution >= 4 is 21.3 Å². The van der Waals surface area contributed by atoms with E-state index in [1.807, 2.05) is 4.90 Å². The molecule has 0 bridgehead atoms. The van der Waals surface area contributed by atoms with Gasteiger partial charge < -0.3 is 4.90 Å². The fourth-order valence-corrected chi connectivity index (χ4v) is 4.80. The predicted octanol–water partition coefficient (Wildman–Crippen LogP) is 2.38. The number of sulfone groups is 1. The summed E-state index contributed by atoms with van der Waals surface area (Å²) in [7, 11) is -3.05.